The summed E-state index contributed by atoms with van der Waals surface area (Å²) >= 11 is 0. The van der Waals surface area contributed by atoms with E-state index in [1.807, 2.05) is 19.1 Å². The average Bonchev–Trinajstić information content (AvgIpc) is 3.18. The normalized spacial score (nSPS) is 15.1. The van der Waals surface area contributed by atoms with Gasteiger partial charge in [-0.1, -0.05) is 17.7 Å². The van der Waals surface area contributed by atoms with Crippen molar-refractivity contribution in [1.82, 2.24) is 10.4 Å². The maximum atomic E-state index is 12.5. The molecule has 0 saturated carbocycles. The van der Waals surface area contributed by atoms with Gasteiger partial charge in [0.15, 0.2) is 18.1 Å². The van der Waals surface area contributed by atoms with Crippen LogP contribution in [0.4, 0.5) is 5.69 Å². The Kier molecular flexibility index (Phi) is 7.50. The highest BCUT2D eigenvalue weighted by molar-refractivity contribution is 5.97. The molecule has 33 heavy (non-hydrogen) atoms. The number of methoxy groups -OCH3 is 2. The molecule has 10 nitrogen and oxygen atoms in total. The van der Waals surface area contributed by atoms with Crippen molar-refractivity contribution >= 4 is 29.4 Å². The molecule has 10 heteroatoms. The minimum Gasteiger partial charge on any atom is -0.493 e. The summed E-state index contributed by atoms with van der Waals surface area (Å²) in [6, 6.07) is 11.7. The molecule has 174 valence electrons. The van der Waals surface area contributed by atoms with Crippen molar-refractivity contribution in [2.45, 2.75) is 13.3 Å². The van der Waals surface area contributed by atoms with Crippen LogP contribution in [0.2, 0.25) is 0 Å². The molecule has 0 spiro atoms. The molecule has 2 N–H and O–H groups in total. The van der Waals surface area contributed by atoms with Crippen LogP contribution in [-0.2, 0) is 19.1 Å². The van der Waals surface area contributed by atoms with Gasteiger partial charge in [0, 0.05) is 17.7 Å². The van der Waals surface area contributed by atoms with E-state index in [2.05, 4.69) is 10.7 Å². The van der Waals surface area contributed by atoms with Gasteiger partial charge in [-0.25, -0.2) is 0 Å². The predicted molar refractivity (Wildman–Crippen MR) is 118 cm³/mol. The Labute approximate surface area is 190 Å². The number of ether oxygens (including phenoxy) is 3. The van der Waals surface area contributed by atoms with Crippen molar-refractivity contribution in [2.24, 2.45) is 5.92 Å². The van der Waals surface area contributed by atoms with Gasteiger partial charge in [-0.2, -0.15) is 0 Å². The van der Waals surface area contributed by atoms with Crippen LogP contribution in [0.25, 0.3) is 0 Å². The van der Waals surface area contributed by atoms with Crippen LogP contribution in [0.15, 0.2) is 42.5 Å². The van der Waals surface area contributed by atoms with E-state index in [0.29, 0.717) is 17.2 Å². The number of esters is 1. The number of aryl methyl sites for hydroxylation is 1. The van der Waals surface area contributed by atoms with Gasteiger partial charge in [0.2, 0.25) is 5.91 Å². The highest BCUT2D eigenvalue weighted by Crippen LogP contribution is 2.27. The Morgan fingerprint density at radius 1 is 1.03 bits per heavy atom. The zero-order valence-corrected chi connectivity index (χ0v) is 18.5. The van der Waals surface area contributed by atoms with E-state index in [4.69, 9.17) is 14.2 Å². The molecule has 2 aromatic carbocycles. The van der Waals surface area contributed by atoms with Crippen LogP contribution >= 0.6 is 0 Å². The Balaban J connectivity index is 1.50. The van der Waals surface area contributed by atoms with Crippen LogP contribution in [0, 0.1) is 12.8 Å². The van der Waals surface area contributed by atoms with E-state index in [0.717, 1.165) is 10.6 Å². The Morgan fingerprint density at radius 2 is 1.73 bits per heavy atom. The third kappa shape index (κ3) is 6.00. The molecular formula is C23H25N3O7. The van der Waals surface area contributed by atoms with E-state index in [1.165, 1.54) is 26.4 Å². The van der Waals surface area contributed by atoms with Gasteiger partial charge >= 0.3 is 5.97 Å². The van der Waals surface area contributed by atoms with Crippen molar-refractivity contribution in [3.63, 3.8) is 0 Å². The van der Waals surface area contributed by atoms with Crippen molar-refractivity contribution in [1.29, 1.82) is 0 Å². The Morgan fingerprint density at radius 3 is 2.39 bits per heavy atom. The first-order valence-electron chi connectivity index (χ1n) is 10.2. The number of hydrogen-bond donors (Lipinski definition) is 2. The fourth-order valence-corrected chi connectivity index (χ4v) is 3.23. The Bertz CT molecular complexity index is 1050. The highest BCUT2D eigenvalue weighted by Gasteiger charge is 2.36. The average molecular weight is 455 g/mol. The number of anilines is 1. The molecule has 0 radical (unpaired) electrons. The number of nitrogens with one attached hydrogen (secondary N) is 2. The monoisotopic (exact) mass is 455 g/mol. The molecule has 0 unspecified atom stereocenters. The fraction of sp³-hybridized carbons (Fsp3) is 0.304. The summed E-state index contributed by atoms with van der Waals surface area (Å²) in [6.45, 7) is 1.39. The third-order valence-corrected chi connectivity index (χ3v) is 5.02. The number of rotatable bonds is 8. The molecule has 1 aliphatic heterocycles. The lowest BCUT2D eigenvalue weighted by Crippen LogP contribution is -2.43. The van der Waals surface area contributed by atoms with E-state index >= 15 is 0 Å². The molecule has 2 aromatic rings. The summed E-state index contributed by atoms with van der Waals surface area (Å²) in [5.74, 6) is -2.13. The quantitative estimate of drug-likeness (QED) is 0.581. The summed E-state index contributed by atoms with van der Waals surface area (Å²) < 4.78 is 15.4. The molecule has 1 aliphatic rings. The molecule has 0 aromatic heterocycles. The van der Waals surface area contributed by atoms with Gasteiger partial charge in [-0.05, 0) is 37.3 Å². The second-order valence-electron chi connectivity index (χ2n) is 7.44. The summed E-state index contributed by atoms with van der Waals surface area (Å²) in [7, 11) is 2.92. The number of hydrazine groups is 1. The number of benzene rings is 2. The van der Waals surface area contributed by atoms with Gasteiger partial charge in [-0.15, -0.1) is 0 Å². The van der Waals surface area contributed by atoms with Gasteiger partial charge in [0.05, 0.1) is 26.7 Å². The van der Waals surface area contributed by atoms with Crippen molar-refractivity contribution in [3.8, 4) is 11.5 Å². The third-order valence-electron chi connectivity index (χ3n) is 5.02. The van der Waals surface area contributed by atoms with E-state index in [1.54, 1.807) is 18.2 Å². The zero-order valence-electron chi connectivity index (χ0n) is 18.5. The molecular weight excluding hydrogens is 430 g/mol. The number of carbonyl (C=O) groups excluding carboxylic acids is 4. The topological polar surface area (TPSA) is 123 Å². The second-order valence-corrected chi connectivity index (χ2v) is 7.44. The highest BCUT2D eigenvalue weighted by atomic mass is 16.5. The molecule has 3 rings (SSSR count). The van der Waals surface area contributed by atoms with Crippen LogP contribution in [0.3, 0.4) is 0 Å². The lowest BCUT2D eigenvalue weighted by atomic mass is 10.1. The van der Waals surface area contributed by atoms with E-state index in [9.17, 15) is 19.2 Å². The van der Waals surface area contributed by atoms with Gasteiger partial charge in [0.25, 0.3) is 11.8 Å². The summed E-state index contributed by atoms with van der Waals surface area (Å²) in [6.07, 6.45) is -0.134. The van der Waals surface area contributed by atoms with Crippen LogP contribution in [0.5, 0.6) is 11.5 Å². The van der Waals surface area contributed by atoms with Crippen LogP contribution < -0.4 is 20.2 Å². The van der Waals surface area contributed by atoms with Crippen molar-refractivity contribution in [3.05, 3.63) is 53.6 Å². The minimum atomic E-state index is -0.796. The van der Waals surface area contributed by atoms with Crippen LogP contribution in [0.1, 0.15) is 22.3 Å². The van der Waals surface area contributed by atoms with Gasteiger partial charge in [-0.3, -0.25) is 29.6 Å². The summed E-state index contributed by atoms with van der Waals surface area (Å²) in [5, 5.41) is 3.69. The van der Waals surface area contributed by atoms with Crippen molar-refractivity contribution < 1.29 is 33.4 Å². The molecule has 0 bridgehead atoms. The first-order valence-corrected chi connectivity index (χ1v) is 10.2. The SMILES string of the molecule is COc1ccc(C(=O)NN2C[C@H](C(=O)OCC(=O)Nc3ccc(C)cc3)CC2=O)cc1OC. The molecule has 0 aliphatic carbocycles. The lowest BCUT2D eigenvalue weighted by Gasteiger charge is -2.18. The minimum absolute atomic E-state index is 0.0592. The van der Waals surface area contributed by atoms with Crippen molar-refractivity contribution in [2.75, 3.05) is 32.7 Å². The standard InChI is InChI=1S/C23H25N3O7/c1-14-4-7-17(8-5-14)24-20(27)13-33-23(30)16-11-21(28)26(12-16)25-22(29)15-6-9-18(31-2)19(10-15)32-3/h4-10,16H,11-13H2,1-3H3,(H,24,27)(H,25,29)/t16-/m1/s1. The lowest BCUT2D eigenvalue weighted by molar-refractivity contribution is -0.151. The molecule has 1 heterocycles. The largest absolute Gasteiger partial charge is 0.493 e. The van der Waals surface area contributed by atoms with E-state index < -0.39 is 36.2 Å². The molecule has 1 saturated heterocycles. The molecule has 1 atom stereocenters. The van der Waals surface area contributed by atoms with E-state index in [-0.39, 0.29) is 18.5 Å². The smallest absolute Gasteiger partial charge is 0.311 e. The van der Waals surface area contributed by atoms with Gasteiger partial charge < -0.3 is 19.5 Å². The Hall–Kier alpha value is -4.08. The molecule has 1 fully saturated rings. The molecule has 3 amide bonds. The maximum absolute atomic E-state index is 12.5. The van der Waals surface area contributed by atoms with Crippen LogP contribution in [-0.4, -0.2) is 56.1 Å². The number of nitrogens with zero attached hydrogens (tertiary/aromatic N) is 1. The fourth-order valence-electron chi connectivity index (χ4n) is 3.23. The second kappa shape index (κ2) is 10.5. The maximum Gasteiger partial charge on any atom is 0.311 e. The summed E-state index contributed by atoms with van der Waals surface area (Å²) in [5.41, 5.74) is 4.37. The first-order chi connectivity index (χ1) is 15.8. The summed E-state index contributed by atoms with van der Waals surface area (Å²) in [4.78, 5) is 49.1. The first kappa shape index (κ1) is 23.6. The number of carbonyl (C=O) groups is 4. The zero-order chi connectivity index (χ0) is 24.0. The number of amides is 3. The van der Waals surface area contributed by atoms with Gasteiger partial charge in [0.1, 0.15) is 0 Å². The number of hydrogen-bond acceptors (Lipinski definition) is 7. The predicted octanol–water partition coefficient (Wildman–Crippen LogP) is 1.69.